The summed E-state index contributed by atoms with van der Waals surface area (Å²) in [6.07, 6.45) is 5.75. The predicted octanol–water partition coefficient (Wildman–Crippen LogP) is 2.34. The van der Waals surface area contributed by atoms with Gasteiger partial charge < -0.3 is 9.73 Å². The molecule has 3 rings (SSSR count). The van der Waals surface area contributed by atoms with Gasteiger partial charge in [-0.2, -0.15) is 0 Å². The Morgan fingerprint density at radius 3 is 2.89 bits per heavy atom. The third-order valence-corrected chi connectivity index (χ3v) is 4.75. The Kier molecular flexibility index (Phi) is 3.39. The molecule has 4 nitrogen and oxygen atoms in total. The molecule has 2 aliphatic rings. The van der Waals surface area contributed by atoms with Crippen LogP contribution >= 0.6 is 0 Å². The van der Waals surface area contributed by atoms with Crippen LogP contribution in [-0.2, 0) is 6.54 Å². The molecule has 1 saturated heterocycles. The van der Waals surface area contributed by atoms with E-state index in [0.717, 1.165) is 37.2 Å². The van der Waals surface area contributed by atoms with Crippen LogP contribution in [0, 0.1) is 12.8 Å². The van der Waals surface area contributed by atoms with E-state index in [1.807, 2.05) is 13.1 Å². The normalized spacial score (nSPS) is 32.7. The molecule has 1 aromatic rings. The Morgan fingerprint density at radius 2 is 2.32 bits per heavy atom. The summed E-state index contributed by atoms with van der Waals surface area (Å²) in [5, 5.41) is 3.79. The first-order chi connectivity index (χ1) is 9.10. The van der Waals surface area contributed by atoms with E-state index >= 15 is 0 Å². The molecule has 1 aliphatic carbocycles. The molecule has 1 aromatic heterocycles. The fourth-order valence-corrected chi connectivity index (χ4v) is 3.32. The lowest BCUT2D eigenvalue weighted by Crippen LogP contribution is -2.63. The first-order valence-electron chi connectivity index (χ1n) is 7.51. The SMILES string of the molecule is CCC1CNC(C)(C2CC2)CN1Cc1ncc(C)o1. The van der Waals surface area contributed by atoms with E-state index in [1.54, 1.807) is 0 Å². The molecule has 0 spiro atoms. The zero-order valence-corrected chi connectivity index (χ0v) is 12.3. The zero-order chi connectivity index (χ0) is 13.5. The third-order valence-electron chi connectivity index (χ3n) is 4.75. The van der Waals surface area contributed by atoms with Crippen LogP contribution in [0.4, 0.5) is 0 Å². The van der Waals surface area contributed by atoms with Gasteiger partial charge in [0.2, 0.25) is 5.89 Å². The highest BCUT2D eigenvalue weighted by atomic mass is 16.4. The van der Waals surface area contributed by atoms with Crippen LogP contribution in [0.2, 0.25) is 0 Å². The van der Waals surface area contributed by atoms with Crippen LogP contribution in [0.15, 0.2) is 10.6 Å². The molecule has 0 radical (unpaired) electrons. The Morgan fingerprint density at radius 1 is 1.53 bits per heavy atom. The van der Waals surface area contributed by atoms with Crippen molar-refractivity contribution in [2.75, 3.05) is 13.1 Å². The molecule has 0 bridgehead atoms. The number of piperazine rings is 1. The summed E-state index contributed by atoms with van der Waals surface area (Å²) in [7, 11) is 0. The van der Waals surface area contributed by atoms with Crippen LogP contribution in [0.25, 0.3) is 0 Å². The van der Waals surface area contributed by atoms with Gasteiger partial charge in [0.1, 0.15) is 5.76 Å². The van der Waals surface area contributed by atoms with E-state index < -0.39 is 0 Å². The van der Waals surface area contributed by atoms with Crippen molar-refractivity contribution in [2.45, 2.75) is 58.2 Å². The van der Waals surface area contributed by atoms with Crippen molar-refractivity contribution >= 4 is 0 Å². The number of oxazole rings is 1. The lowest BCUT2D eigenvalue weighted by Gasteiger charge is -2.46. The topological polar surface area (TPSA) is 41.3 Å². The molecular formula is C15H25N3O. The maximum Gasteiger partial charge on any atom is 0.208 e. The Balaban J connectivity index is 1.71. The van der Waals surface area contributed by atoms with Crippen molar-refractivity contribution in [3.8, 4) is 0 Å². The summed E-state index contributed by atoms with van der Waals surface area (Å²) in [6.45, 7) is 9.64. The largest absolute Gasteiger partial charge is 0.445 e. The van der Waals surface area contributed by atoms with Gasteiger partial charge in [0, 0.05) is 24.7 Å². The molecule has 2 atom stereocenters. The van der Waals surface area contributed by atoms with Crippen LogP contribution in [0.5, 0.6) is 0 Å². The van der Waals surface area contributed by atoms with Gasteiger partial charge in [0.15, 0.2) is 0 Å². The quantitative estimate of drug-likeness (QED) is 0.905. The highest BCUT2D eigenvalue weighted by Crippen LogP contribution is 2.41. The maximum absolute atomic E-state index is 5.65. The van der Waals surface area contributed by atoms with Crippen molar-refractivity contribution in [2.24, 2.45) is 5.92 Å². The first-order valence-corrected chi connectivity index (χ1v) is 7.51. The van der Waals surface area contributed by atoms with Gasteiger partial charge in [0.05, 0.1) is 12.7 Å². The van der Waals surface area contributed by atoms with E-state index in [4.69, 9.17) is 4.42 Å². The van der Waals surface area contributed by atoms with Crippen LogP contribution in [0.3, 0.4) is 0 Å². The van der Waals surface area contributed by atoms with Gasteiger partial charge in [-0.3, -0.25) is 4.90 Å². The highest BCUT2D eigenvalue weighted by Gasteiger charge is 2.45. The van der Waals surface area contributed by atoms with E-state index in [0.29, 0.717) is 6.04 Å². The Labute approximate surface area is 115 Å². The minimum absolute atomic E-state index is 0.285. The summed E-state index contributed by atoms with van der Waals surface area (Å²) in [4.78, 5) is 6.91. The summed E-state index contributed by atoms with van der Waals surface area (Å²) in [6, 6.07) is 0.596. The standard InChI is InChI=1S/C15H25N3O/c1-4-13-8-17-15(3,12-5-6-12)10-18(13)9-14-16-7-11(2)19-14/h7,12-13,17H,4-6,8-10H2,1-3H3. The second kappa shape index (κ2) is 4.91. The highest BCUT2D eigenvalue weighted by molar-refractivity contribution is 5.04. The number of nitrogens with one attached hydrogen (secondary N) is 1. The van der Waals surface area contributed by atoms with Gasteiger partial charge in [-0.25, -0.2) is 4.98 Å². The number of rotatable bonds is 4. The summed E-state index contributed by atoms with van der Waals surface area (Å²) < 4.78 is 5.65. The average Bonchev–Trinajstić information content (AvgIpc) is 3.16. The lowest BCUT2D eigenvalue weighted by atomic mass is 9.90. The van der Waals surface area contributed by atoms with Gasteiger partial charge in [-0.05, 0) is 39.0 Å². The monoisotopic (exact) mass is 263 g/mol. The van der Waals surface area contributed by atoms with Crippen molar-refractivity contribution < 1.29 is 4.42 Å². The van der Waals surface area contributed by atoms with Crippen molar-refractivity contribution in [1.29, 1.82) is 0 Å². The van der Waals surface area contributed by atoms with E-state index in [-0.39, 0.29) is 5.54 Å². The van der Waals surface area contributed by atoms with E-state index in [2.05, 4.69) is 29.0 Å². The van der Waals surface area contributed by atoms with Crippen LogP contribution in [0.1, 0.15) is 44.8 Å². The van der Waals surface area contributed by atoms with Crippen LogP contribution < -0.4 is 5.32 Å². The van der Waals surface area contributed by atoms with Gasteiger partial charge in [0.25, 0.3) is 0 Å². The first kappa shape index (κ1) is 13.1. The molecule has 0 aromatic carbocycles. The molecule has 2 unspecified atom stereocenters. The van der Waals surface area contributed by atoms with E-state index in [9.17, 15) is 0 Å². The zero-order valence-electron chi connectivity index (χ0n) is 12.3. The maximum atomic E-state index is 5.65. The minimum Gasteiger partial charge on any atom is -0.445 e. The van der Waals surface area contributed by atoms with Crippen molar-refractivity contribution in [3.05, 3.63) is 17.8 Å². The summed E-state index contributed by atoms with van der Waals surface area (Å²) in [5.41, 5.74) is 0.285. The third kappa shape index (κ3) is 2.70. The molecule has 1 N–H and O–H groups in total. The van der Waals surface area contributed by atoms with Crippen molar-refractivity contribution in [3.63, 3.8) is 0 Å². The minimum atomic E-state index is 0.285. The number of aromatic nitrogens is 1. The average molecular weight is 263 g/mol. The molecule has 19 heavy (non-hydrogen) atoms. The molecule has 2 fully saturated rings. The Hall–Kier alpha value is -0.870. The number of hydrogen-bond acceptors (Lipinski definition) is 4. The van der Waals surface area contributed by atoms with E-state index in [1.165, 1.54) is 19.3 Å². The van der Waals surface area contributed by atoms with Gasteiger partial charge in [-0.1, -0.05) is 6.92 Å². The molecular weight excluding hydrogens is 238 g/mol. The Bertz CT molecular complexity index is 440. The van der Waals surface area contributed by atoms with Crippen LogP contribution in [-0.4, -0.2) is 34.6 Å². The summed E-state index contributed by atoms with van der Waals surface area (Å²) in [5.74, 6) is 2.62. The molecule has 1 aliphatic heterocycles. The fourth-order valence-electron chi connectivity index (χ4n) is 3.32. The van der Waals surface area contributed by atoms with Crippen molar-refractivity contribution in [1.82, 2.24) is 15.2 Å². The molecule has 106 valence electrons. The molecule has 1 saturated carbocycles. The second-order valence-corrected chi connectivity index (χ2v) is 6.40. The molecule has 2 heterocycles. The number of nitrogens with zero attached hydrogens (tertiary/aromatic N) is 2. The number of hydrogen-bond donors (Lipinski definition) is 1. The predicted molar refractivity (Wildman–Crippen MR) is 74.9 cm³/mol. The smallest absolute Gasteiger partial charge is 0.208 e. The lowest BCUT2D eigenvalue weighted by molar-refractivity contribution is 0.0595. The van der Waals surface area contributed by atoms with Gasteiger partial charge >= 0.3 is 0 Å². The number of aryl methyl sites for hydroxylation is 1. The molecule has 4 heteroatoms. The fraction of sp³-hybridized carbons (Fsp3) is 0.800. The second-order valence-electron chi connectivity index (χ2n) is 6.40. The molecule has 0 amide bonds. The summed E-state index contributed by atoms with van der Waals surface area (Å²) >= 11 is 0. The van der Waals surface area contributed by atoms with Gasteiger partial charge in [-0.15, -0.1) is 0 Å².